The van der Waals surface area contributed by atoms with Gasteiger partial charge in [-0.25, -0.2) is 4.79 Å². The molecule has 2 atom stereocenters. The number of rotatable bonds is 4. The summed E-state index contributed by atoms with van der Waals surface area (Å²) in [4.78, 5) is 33.6. The van der Waals surface area contributed by atoms with Crippen LogP contribution in [0.4, 0.5) is 4.79 Å². The van der Waals surface area contributed by atoms with E-state index in [1.54, 1.807) is 0 Å². The molecule has 0 aromatic rings. The van der Waals surface area contributed by atoms with Crippen LogP contribution in [0.25, 0.3) is 0 Å². The molecule has 7 nitrogen and oxygen atoms in total. The zero-order chi connectivity index (χ0) is 17.7. The summed E-state index contributed by atoms with van der Waals surface area (Å²) >= 11 is 33.3. The van der Waals surface area contributed by atoms with Gasteiger partial charge < -0.3 is 9.47 Å². The van der Waals surface area contributed by atoms with Crippen LogP contribution < -0.4 is 10.6 Å². The molecule has 0 bridgehead atoms. The van der Waals surface area contributed by atoms with Gasteiger partial charge in [-0.1, -0.05) is 69.6 Å². The van der Waals surface area contributed by atoms with Gasteiger partial charge in [0, 0.05) is 13.8 Å². The van der Waals surface area contributed by atoms with Crippen molar-refractivity contribution in [3.05, 3.63) is 0 Å². The molecular weight excluding hydrogens is 429 g/mol. The number of carbonyl (C=O) groups excluding carboxylic acids is 3. The van der Waals surface area contributed by atoms with Gasteiger partial charge in [0.25, 0.3) is 0 Å². The van der Waals surface area contributed by atoms with E-state index in [1.165, 1.54) is 0 Å². The van der Waals surface area contributed by atoms with Crippen LogP contribution in [-0.2, 0) is 19.1 Å². The molecule has 0 saturated heterocycles. The Morgan fingerprint density at radius 1 is 0.773 bits per heavy atom. The van der Waals surface area contributed by atoms with Crippen molar-refractivity contribution in [3.63, 3.8) is 0 Å². The molecule has 0 saturated carbocycles. The van der Waals surface area contributed by atoms with Crippen LogP contribution in [0.3, 0.4) is 0 Å². The zero-order valence-corrected chi connectivity index (χ0v) is 15.5. The number of hydrogen-bond acceptors (Lipinski definition) is 5. The molecule has 2 N–H and O–H groups in total. The maximum absolute atomic E-state index is 11.8. The van der Waals surface area contributed by atoms with Gasteiger partial charge in [-0.2, -0.15) is 0 Å². The standard InChI is InChI=1S/C9H10Cl6N2O5/c1-3(18)21-5(8(10,11)12)16-7(20)17-6(9(13,14)15)22-4(2)19/h5-6H,1-2H3,(H2,16,17,20)/t5-,6-/m1/s1. The van der Waals surface area contributed by atoms with Crippen LogP contribution in [0.15, 0.2) is 0 Å². The second-order valence-corrected chi connectivity index (χ2v) is 8.42. The SMILES string of the molecule is CC(=O)O[C@@H](NC(=O)N[C@H](OC(C)=O)C(Cl)(Cl)Cl)C(Cl)(Cl)Cl. The van der Waals surface area contributed by atoms with E-state index in [4.69, 9.17) is 69.6 Å². The highest BCUT2D eigenvalue weighted by Gasteiger charge is 2.40. The minimum absolute atomic E-state index is 0.825. The molecule has 0 unspecified atom stereocenters. The second kappa shape index (κ2) is 8.70. The summed E-state index contributed by atoms with van der Waals surface area (Å²) < 4.78 is 4.91. The fraction of sp³-hybridized carbons (Fsp3) is 0.667. The lowest BCUT2D eigenvalue weighted by Gasteiger charge is -2.28. The van der Waals surface area contributed by atoms with Crippen molar-refractivity contribution in [1.82, 2.24) is 10.6 Å². The fourth-order valence-corrected chi connectivity index (χ4v) is 1.56. The summed E-state index contributed by atoms with van der Waals surface area (Å²) in [6.07, 6.45) is -3.27. The van der Waals surface area contributed by atoms with Crippen molar-refractivity contribution < 1.29 is 23.9 Å². The molecule has 2 amide bonds. The topological polar surface area (TPSA) is 93.7 Å². The smallest absolute Gasteiger partial charge is 0.320 e. The van der Waals surface area contributed by atoms with Crippen molar-refractivity contribution in [2.45, 2.75) is 33.9 Å². The number of halogens is 6. The largest absolute Gasteiger partial charge is 0.437 e. The molecule has 0 aromatic carbocycles. The summed E-state index contributed by atoms with van der Waals surface area (Å²) in [5.41, 5.74) is 0. The quantitative estimate of drug-likeness (QED) is 0.400. The van der Waals surface area contributed by atoms with Crippen molar-refractivity contribution in [3.8, 4) is 0 Å². The molecule has 0 spiro atoms. The highest BCUT2D eigenvalue weighted by atomic mass is 35.6. The number of alkyl halides is 6. The lowest BCUT2D eigenvalue weighted by Crippen LogP contribution is -2.55. The van der Waals surface area contributed by atoms with E-state index in [0.29, 0.717) is 0 Å². The van der Waals surface area contributed by atoms with Crippen molar-refractivity contribution in [2.24, 2.45) is 0 Å². The minimum Gasteiger partial charge on any atom is -0.437 e. The first-order valence-electron chi connectivity index (χ1n) is 5.28. The molecule has 0 radical (unpaired) electrons. The summed E-state index contributed by atoms with van der Waals surface area (Å²) in [6.45, 7) is 2.07. The second-order valence-electron chi connectivity index (χ2n) is 3.68. The molecular formula is C9H10Cl6N2O5. The number of nitrogens with one attached hydrogen (secondary N) is 2. The Balaban J connectivity index is 4.92. The molecule has 0 heterocycles. The first-order chi connectivity index (χ1) is 9.73. The number of ether oxygens (including phenoxy) is 2. The predicted molar refractivity (Wildman–Crippen MR) is 83.4 cm³/mol. The lowest BCUT2D eigenvalue weighted by molar-refractivity contribution is -0.147. The third-order valence-electron chi connectivity index (χ3n) is 1.69. The van der Waals surface area contributed by atoms with Gasteiger partial charge in [0.1, 0.15) is 0 Å². The van der Waals surface area contributed by atoms with E-state index >= 15 is 0 Å². The number of esters is 2. The Morgan fingerprint density at radius 3 is 1.23 bits per heavy atom. The third kappa shape index (κ3) is 9.17. The van der Waals surface area contributed by atoms with Gasteiger partial charge in [-0.3, -0.25) is 20.2 Å². The summed E-state index contributed by atoms with van der Waals surface area (Å²) in [5.74, 6) is -1.65. The van der Waals surface area contributed by atoms with Gasteiger partial charge >= 0.3 is 18.0 Å². The van der Waals surface area contributed by atoms with E-state index < -0.39 is 38.0 Å². The van der Waals surface area contributed by atoms with Crippen LogP contribution in [0.5, 0.6) is 0 Å². The number of amides is 2. The van der Waals surface area contributed by atoms with Gasteiger partial charge in [0.05, 0.1) is 0 Å². The van der Waals surface area contributed by atoms with Crippen molar-refractivity contribution >= 4 is 87.6 Å². The fourth-order valence-electron chi connectivity index (χ4n) is 0.968. The maximum Gasteiger partial charge on any atom is 0.320 e. The average molecular weight is 439 g/mol. The first kappa shape index (κ1) is 21.9. The van der Waals surface area contributed by atoms with E-state index in [0.717, 1.165) is 13.8 Å². The van der Waals surface area contributed by atoms with Crippen LogP contribution >= 0.6 is 69.6 Å². The van der Waals surface area contributed by atoms with Crippen LogP contribution in [0.1, 0.15) is 13.8 Å². The molecule has 0 aliphatic carbocycles. The molecule has 22 heavy (non-hydrogen) atoms. The van der Waals surface area contributed by atoms with Crippen LogP contribution in [0, 0.1) is 0 Å². The predicted octanol–water partition coefficient (Wildman–Crippen LogP) is 2.80. The highest BCUT2D eigenvalue weighted by Crippen LogP contribution is 2.32. The van der Waals surface area contributed by atoms with E-state index in [1.807, 2.05) is 10.6 Å². The van der Waals surface area contributed by atoms with E-state index in [2.05, 4.69) is 9.47 Å². The molecule has 0 aliphatic heterocycles. The number of urea groups is 1. The third-order valence-corrected chi connectivity index (χ3v) is 2.88. The summed E-state index contributed by atoms with van der Waals surface area (Å²) in [5, 5.41) is 4.02. The maximum atomic E-state index is 11.8. The van der Waals surface area contributed by atoms with E-state index in [9.17, 15) is 14.4 Å². The molecule has 0 fully saturated rings. The molecule has 13 heteroatoms. The van der Waals surface area contributed by atoms with Gasteiger partial charge in [-0.15, -0.1) is 0 Å². The zero-order valence-electron chi connectivity index (χ0n) is 11.0. The highest BCUT2D eigenvalue weighted by molar-refractivity contribution is 6.68. The van der Waals surface area contributed by atoms with Crippen LogP contribution in [0.2, 0.25) is 0 Å². The average Bonchev–Trinajstić information content (AvgIpc) is 2.23. The molecule has 128 valence electrons. The van der Waals surface area contributed by atoms with E-state index in [-0.39, 0.29) is 0 Å². The van der Waals surface area contributed by atoms with Crippen LogP contribution in [-0.4, -0.2) is 38.0 Å². The lowest BCUT2D eigenvalue weighted by atomic mass is 10.5. The molecule has 0 aliphatic rings. The van der Waals surface area contributed by atoms with Crippen molar-refractivity contribution in [1.29, 1.82) is 0 Å². The summed E-state index contributed by atoms with van der Waals surface area (Å²) in [6, 6.07) is -1.09. The van der Waals surface area contributed by atoms with Gasteiger partial charge in [0.15, 0.2) is 0 Å². The Labute approximate surface area is 155 Å². The van der Waals surface area contributed by atoms with Gasteiger partial charge in [-0.05, 0) is 0 Å². The Kier molecular flexibility index (Phi) is 8.68. The first-order valence-corrected chi connectivity index (χ1v) is 7.55. The molecule has 0 aromatic heterocycles. The number of carbonyl (C=O) groups is 3. The number of hydrogen-bond donors (Lipinski definition) is 2. The Bertz CT molecular complexity index is 397. The Morgan fingerprint density at radius 2 is 1.05 bits per heavy atom. The normalized spacial score (nSPS) is 14.5. The van der Waals surface area contributed by atoms with Gasteiger partial charge in [0.2, 0.25) is 20.0 Å². The summed E-state index contributed by atoms with van der Waals surface area (Å²) in [7, 11) is 0. The van der Waals surface area contributed by atoms with Crippen molar-refractivity contribution in [2.75, 3.05) is 0 Å². The molecule has 0 rings (SSSR count). The monoisotopic (exact) mass is 436 g/mol. The minimum atomic E-state index is -2.17. The Hall–Kier alpha value is -0.0500.